The second-order valence-electron chi connectivity index (χ2n) is 6.32. The molecule has 5 nitrogen and oxygen atoms in total. The first-order valence-electron chi connectivity index (χ1n) is 7.85. The van der Waals surface area contributed by atoms with Crippen molar-refractivity contribution < 1.29 is 22.3 Å². The van der Waals surface area contributed by atoms with Gasteiger partial charge >= 0.3 is 0 Å². The number of piperidine rings is 1. The van der Waals surface area contributed by atoms with E-state index in [4.69, 9.17) is 9.47 Å². The first kappa shape index (κ1) is 16.8. The molecule has 0 unspecified atom stereocenters. The summed E-state index contributed by atoms with van der Waals surface area (Å²) in [5, 5.41) is 0. The number of hydrogen-bond donors (Lipinski definition) is 0. The third-order valence-corrected chi connectivity index (χ3v) is 6.72. The van der Waals surface area contributed by atoms with Gasteiger partial charge < -0.3 is 9.47 Å². The van der Waals surface area contributed by atoms with Crippen molar-refractivity contribution in [1.29, 1.82) is 0 Å². The van der Waals surface area contributed by atoms with Gasteiger partial charge in [0.1, 0.15) is 10.7 Å². The van der Waals surface area contributed by atoms with Crippen LogP contribution in [0.5, 0.6) is 0 Å². The molecule has 3 rings (SSSR count). The smallest absolute Gasteiger partial charge is 0.246 e. The van der Waals surface area contributed by atoms with Crippen LogP contribution in [0.3, 0.4) is 0 Å². The first-order chi connectivity index (χ1) is 11.0. The number of fused-ring (bicyclic) bond motifs is 1. The molecule has 0 radical (unpaired) electrons. The summed E-state index contributed by atoms with van der Waals surface area (Å²) in [7, 11) is -2.24. The quantitative estimate of drug-likeness (QED) is 0.839. The highest BCUT2D eigenvalue weighted by Gasteiger charge is 2.48. The van der Waals surface area contributed by atoms with Crippen LogP contribution >= 0.6 is 0 Å². The molecule has 23 heavy (non-hydrogen) atoms. The van der Waals surface area contributed by atoms with Crippen molar-refractivity contribution in [3.8, 4) is 0 Å². The number of hydrogen-bond acceptors (Lipinski definition) is 4. The average molecular weight is 343 g/mol. The molecular formula is C16H22FNO4S. The van der Waals surface area contributed by atoms with E-state index in [1.54, 1.807) is 7.11 Å². The molecule has 0 spiro atoms. The van der Waals surface area contributed by atoms with Gasteiger partial charge in [0.2, 0.25) is 10.0 Å². The molecule has 2 heterocycles. The van der Waals surface area contributed by atoms with E-state index >= 15 is 0 Å². The highest BCUT2D eigenvalue weighted by molar-refractivity contribution is 7.89. The van der Waals surface area contributed by atoms with E-state index in [0.29, 0.717) is 32.7 Å². The largest absolute Gasteiger partial charge is 0.384 e. The van der Waals surface area contributed by atoms with E-state index in [1.165, 1.54) is 28.6 Å². The van der Waals surface area contributed by atoms with Crippen molar-refractivity contribution in [1.82, 2.24) is 4.31 Å². The Morgan fingerprint density at radius 3 is 2.96 bits per heavy atom. The van der Waals surface area contributed by atoms with Crippen LogP contribution < -0.4 is 0 Å². The van der Waals surface area contributed by atoms with Gasteiger partial charge in [0.25, 0.3) is 0 Å². The van der Waals surface area contributed by atoms with Crippen LogP contribution in [-0.4, -0.2) is 52.2 Å². The normalized spacial score (nSPS) is 29.2. The van der Waals surface area contributed by atoms with E-state index < -0.39 is 15.8 Å². The summed E-state index contributed by atoms with van der Waals surface area (Å²) in [5.41, 5.74) is -0.344. The number of ether oxygens (including phenoxy) is 2. The molecular weight excluding hydrogens is 321 g/mol. The molecule has 2 aliphatic heterocycles. The van der Waals surface area contributed by atoms with E-state index in [1.807, 2.05) is 0 Å². The summed E-state index contributed by atoms with van der Waals surface area (Å²) < 4.78 is 52.2. The fraction of sp³-hybridized carbons (Fsp3) is 0.625. The number of halogens is 1. The predicted octanol–water partition coefficient (Wildman–Crippen LogP) is 2.03. The molecule has 2 aliphatic rings. The minimum Gasteiger partial charge on any atom is -0.384 e. The molecule has 0 bridgehead atoms. The van der Waals surface area contributed by atoms with E-state index in [-0.39, 0.29) is 16.4 Å². The van der Waals surface area contributed by atoms with Gasteiger partial charge in [-0.05, 0) is 31.4 Å². The summed E-state index contributed by atoms with van der Waals surface area (Å²) in [6.45, 7) is 1.80. The predicted molar refractivity (Wildman–Crippen MR) is 83.1 cm³/mol. The minimum absolute atomic E-state index is 0.00303. The second kappa shape index (κ2) is 6.47. The Balaban J connectivity index is 1.91. The van der Waals surface area contributed by atoms with Crippen molar-refractivity contribution in [3.05, 3.63) is 30.1 Å². The zero-order valence-corrected chi connectivity index (χ0v) is 14.0. The van der Waals surface area contributed by atoms with Gasteiger partial charge in [-0.2, -0.15) is 4.31 Å². The van der Waals surface area contributed by atoms with E-state index in [0.717, 1.165) is 12.8 Å². The summed E-state index contributed by atoms with van der Waals surface area (Å²) in [4.78, 5) is -0.261. The summed E-state index contributed by atoms with van der Waals surface area (Å²) in [5.74, 6) is -0.713. The van der Waals surface area contributed by atoms with Gasteiger partial charge in [0.15, 0.2) is 0 Å². The molecule has 128 valence electrons. The van der Waals surface area contributed by atoms with Crippen LogP contribution in [0.15, 0.2) is 29.2 Å². The number of benzene rings is 1. The molecule has 1 aromatic rings. The van der Waals surface area contributed by atoms with Crippen LogP contribution in [0.4, 0.5) is 4.39 Å². The molecule has 2 fully saturated rings. The number of nitrogens with zero attached hydrogens (tertiary/aromatic N) is 1. The lowest BCUT2D eigenvalue weighted by Crippen LogP contribution is -2.57. The molecule has 7 heteroatoms. The van der Waals surface area contributed by atoms with Crippen LogP contribution in [0.2, 0.25) is 0 Å². The standard InChI is InChI=1S/C16H22FNO4S/c1-21-12-16-8-4-10-22-15(16)7-9-18(11-16)23(19,20)14-6-3-2-5-13(14)17/h2-3,5-6,15H,4,7-12H2,1H3/t15-,16+/m1/s1. The van der Waals surface area contributed by atoms with Crippen molar-refractivity contribution in [3.63, 3.8) is 0 Å². The number of sulfonamides is 1. The third-order valence-electron chi connectivity index (χ3n) is 4.84. The SMILES string of the molecule is COC[C@@]12CCCO[C@@H]1CCN(S(=O)(=O)c1ccccc1F)C2. The van der Waals surface area contributed by atoms with Crippen molar-refractivity contribution >= 4 is 10.0 Å². The van der Waals surface area contributed by atoms with Gasteiger partial charge in [0, 0.05) is 32.2 Å². The Hall–Kier alpha value is -1.02. The monoisotopic (exact) mass is 343 g/mol. The summed E-state index contributed by atoms with van der Waals surface area (Å²) in [6.07, 6.45) is 2.35. The maximum atomic E-state index is 14.0. The lowest BCUT2D eigenvalue weighted by Gasteiger charge is -2.49. The van der Waals surface area contributed by atoms with Crippen molar-refractivity contribution in [2.45, 2.75) is 30.3 Å². The zero-order valence-electron chi connectivity index (χ0n) is 13.2. The van der Waals surface area contributed by atoms with Gasteiger partial charge in [-0.1, -0.05) is 12.1 Å². The highest BCUT2D eigenvalue weighted by atomic mass is 32.2. The molecule has 1 aromatic carbocycles. The van der Waals surface area contributed by atoms with Crippen LogP contribution in [0, 0.1) is 11.2 Å². The third kappa shape index (κ3) is 3.03. The molecule has 0 amide bonds. The number of methoxy groups -OCH3 is 1. The summed E-state index contributed by atoms with van der Waals surface area (Å²) in [6, 6.07) is 5.52. The van der Waals surface area contributed by atoms with Gasteiger partial charge in [0.05, 0.1) is 12.7 Å². The maximum absolute atomic E-state index is 14.0. The fourth-order valence-corrected chi connectivity index (χ4v) is 5.36. The Morgan fingerprint density at radius 1 is 1.43 bits per heavy atom. The van der Waals surface area contributed by atoms with Gasteiger partial charge in [-0.15, -0.1) is 0 Å². The summed E-state index contributed by atoms with van der Waals surface area (Å²) >= 11 is 0. The topological polar surface area (TPSA) is 55.8 Å². The zero-order chi connectivity index (χ0) is 16.5. The van der Waals surface area contributed by atoms with E-state index in [2.05, 4.69) is 0 Å². The Bertz CT molecular complexity index is 662. The molecule has 0 saturated carbocycles. The van der Waals surface area contributed by atoms with E-state index in [9.17, 15) is 12.8 Å². The molecule has 0 N–H and O–H groups in total. The minimum atomic E-state index is -3.85. The lowest BCUT2D eigenvalue weighted by molar-refractivity contribution is -0.137. The lowest BCUT2D eigenvalue weighted by atomic mass is 9.73. The second-order valence-corrected chi connectivity index (χ2v) is 8.22. The van der Waals surface area contributed by atoms with Crippen LogP contribution in [-0.2, 0) is 19.5 Å². The Morgan fingerprint density at radius 2 is 2.22 bits per heavy atom. The Labute approximate surface area is 136 Å². The van der Waals surface area contributed by atoms with Gasteiger partial charge in [-0.3, -0.25) is 0 Å². The van der Waals surface area contributed by atoms with Crippen molar-refractivity contribution in [2.24, 2.45) is 5.41 Å². The molecule has 0 aliphatic carbocycles. The average Bonchev–Trinajstić information content (AvgIpc) is 2.54. The first-order valence-corrected chi connectivity index (χ1v) is 9.29. The maximum Gasteiger partial charge on any atom is 0.246 e. The Kier molecular flexibility index (Phi) is 4.73. The fourth-order valence-electron chi connectivity index (χ4n) is 3.75. The highest BCUT2D eigenvalue weighted by Crippen LogP contribution is 2.41. The van der Waals surface area contributed by atoms with Gasteiger partial charge in [-0.25, -0.2) is 12.8 Å². The molecule has 2 atom stereocenters. The number of rotatable bonds is 4. The molecule has 2 saturated heterocycles. The van der Waals surface area contributed by atoms with Crippen LogP contribution in [0.1, 0.15) is 19.3 Å². The van der Waals surface area contributed by atoms with Crippen molar-refractivity contribution in [2.75, 3.05) is 33.4 Å². The van der Waals surface area contributed by atoms with Crippen LogP contribution in [0.25, 0.3) is 0 Å². The molecule has 0 aromatic heterocycles.